The van der Waals surface area contributed by atoms with Gasteiger partial charge in [-0.25, -0.2) is 17.9 Å². The van der Waals surface area contributed by atoms with E-state index in [4.69, 9.17) is 4.74 Å². The van der Waals surface area contributed by atoms with Crippen LogP contribution in [-0.4, -0.2) is 36.2 Å². The number of H-pyrrole nitrogens is 1. The molecule has 8 nitrogen and oxygen atoms in total. The van der Waals surface area contributed by atoms with Gasteiger partial charge in [-0.1, -0.05) is 0 Å². The fourth-order valence-electron chi connectivity index (χ4n) is 1.40. The van der Waals surface area contributed by atoms with Crippen LogP contribution in [0.5, 0.6) is 0 Å². The zero-order valence-electron chi connectivity index (χ0n) is 10.5. The van der Waals surface area contributed by atoms with Crippen molar-refractivity contribution in [2.45, 2.75) is 18.5 Å². The lowest BCUT2D eigenvalue weighted by Crippen LogP contribution is -2.25. The Balaban J connectivity index is 2.17. The molecule has 0 saturated carbocycles. The molecule has 2 rings (SSSR count). The number of nitrogens with one attached hydrogen (secondary N) is 2. The Morgan fingerprint density at radius 1 is 1.50 bits per heavy atom. The van der Waals surface area contributed by atoms with Gasteiger partial charge in [-0.15, -0.1) is 11.3 Å². The summed E-state index contributed by atoms with van der Waals surface area (Å²) in [4.78, 5) is 16.2. The topological polar surface area (TPSA) is 114 Å². The van der Waals surface area contributed by atoms with Crippen molar-refractivity contribution in [3.05, 3.63) is 28.3 Å². The molecule has 0 fully saturated rings. The van der Waals surface area contributed by atoms with Crippen LogP contribution < -0.4 is 4.72 Å². The molecule has 0 amide bonds. The molecule has 0 radical (unpaired) electrons. The molecule has 0 aliphatic rings. The van der Waals surface area contributed by atoms with Gasteiger partial charge in [0.15, 0.2) is 5.03 Å². The van der Waals surface area contributed by atoms with Crippen LogP contribution in [-0.2, 0) is 21.3 Å². The van der Waals surface area contributed by atoms with Gasteiger partial charge in [0.2, 0.25) is 0 Å². The fraction of sp³-hybridized carbons (Fsp3) is 0.300. The van der Waals surface area contributed by atoms with Crippen LogP contribution in [0.3, 0.4) is 0 Å². The van der Waals surface area contributed by atoms with E-state index < -0.39 is 16.0 Å². The van der Waals surface area contributed by atoms with Crippen molar-refractivity contribution in [1.29, 1.82) is 0 Å². The Morgan fingerprint density at radius 3 is 2.95 bits per heavy atom. The van der Waals surface area contributed by atoms with Crippen LogP contribution in [0.15, 0.2) is 22.9 Å². The van der Waals surface area contributed by atoms with Crippen molar-refractivity contribution in [3.63, 3.8) is 0 Å². The van der Waals surface area contributed by atoms with E-state index in [2.05, 4.69) is 19.9 Å². The molecule has 2 N–H and O–H groups in total. The number of hydrogen-bond donors (Lipinski definition) is 2. The maximum absolute atomic E-state index is 12.1. The Hall–Kier alpha value is -1.78. The molecule has 2 aromatic heterocycles. The number of aromatic amines is 1. The predicted molar refractivity (Wildman–Crippen MR) is 70.7 cm³/mol. The summed E-state index contributed by atoms with van der Waals surface area (Å²) < 4.78 is 31.4. The summed E-state index contributed by atoms with van der Waals surface area (Å²) in [5.74, 6) is -0.737. The smallest absolute Gasteiger partial charge is 0.342 e. The molecule has 0 atom stereocenters. The minimum absolute atomic E-state index is 0.0916. The van der Waals surface area contributed by atoms with Gasteiger partial charge in [0.25, 0.3) is 10.0 Å². The number of esters is 1. The minimum atomic E-state index is -3.88. The third-order valence-corrected chi connectivity index (χ3v) is 4.44. The molecule has 0 unspecified atom stereocenters. The van der Waals surface area contributed by atoms with E-state index in [1.54, 1.807) is 18.6 Å². The largest absolute Gasteiger partial charge is 0.462 e. The third kappa shape index (κ3) is 3.21. The Morgan fingerprint density at radius 2 is 2.30 bits per heavy atom. The fourth-order valence-corrected chi connectivity index (χ4v) is 3.12. The van der Waals surface area contributed by atoms with Gasteiger partial charge >= 0.3 is 5.97 Å². The highest BCUT2D eigenvalue weighted by atomic mass is 32.2. The highest BCUT2D eigenvalue weighted by Crippen LogP contribution is 2.14. The van der Waals surface area contributed by atoms with Crippen molar-refractivity contribution < 1.29 is 17.9 Å². The zero-order valence-corrected chi connectivity index (χ0v) is 12.1. The number of nitrogens with zero attached hydrogens (tertiary/aromatic N) is 2. The molecular formula is C10H12N4O4S2. The van der Waals surface area contributed by atoms with Crippen LogP contribution >= 0.6 is 11.3 Å². The molecule has 0 aliphatic heterocycles. The van der Waals surface area contributed by atoms with Gasteiger partial charge in [-0.2, -0.15) is 5.10 Å². The first-order valence-electron chi connectivity index (χ1n) is 5.62. The number of carbonyl (C=O) groups excluding carboxylic acids is 1. The highest BCUT2D eigenvalue weighted by molar-refractivity contribution is 7.89. The molecule has 0 bridgehead atoms. The summed E-state index contributed by atoms with van der Waals surface area (Å²) >= 11 is 1.32. The van der Waals surface area contributed by atoms with Crippen molar-refractivity contribution in [2.75, 3.05) is 6.61 Å². The summed E-state index contributed by atoms with van der Waals surface area (Å²) in [6.45, 7) is 1.88. The predicted octanol–water partition coefficient (Wildman–Crippen LogP) is 0.521. The summed E-state index contributed by atoms with van der Waals surface area (Å²) in [7, 11) is -3.88. The Kier molecular flexibility index (Phi) is 4.47. The summed E-state index contributed by atoms with van der Waals surface area (Å²) in [6, 6.07) is 0. The van der Waals surface area contributed by atoms with Crippen molar-refractivity contribution in [2.24, 2.45) is 0 Å². The Labute approximate surface area is 119 Å². The monoisotopic (exact) mass is 316 g/mol. The second-order valence-electron chi connectivity index (χ2n) is 3.63. The van der Waals surface area contributed by atoms with E-state index in [1.165, 1.54) is 11.3 Å². The molecule has 0 saturated heterocycles. The Bertz CT molecular complexity index is 678. The van der Waals surface area contributed by atoms with Crippen LogP contribution in [0.1, 0.15) is 22.2 Å². The first-order valence-corrected chi connectivity index (χ1v) is 7.98. The molecule has 0 spiro atoms. The average molecular weight is 316 g/mol. The second kappa shape index (κ2) is 6.11. The number of rotatable bonds is 6. The molecule has 0 aromatic carbocycles. The molecule has 10 heteroatoms. The standard InChI is InChI=1S/C10H12N4O4S2/c1-2-18-10(15)8-5-12-14-9(8)20(16,17)13-4-7-3-11-6-19-7/h3,5-6,13H,2,4H2,1H3,(H,12,14). The first-order chi connectivity index (χ1) is 9.54. The quantitative estimate of drug-likeness (QED) is 0.751. The van der Waals surface area contributed by atoms with E-state index in [0.717, 1.165) is 11.1 Å². The van der Waals surface area contributed by atoms with E-state index in [-0.39, 0.29) is 23.7 Å². The SMILES string of the molecule is CCOC(=O)c1cn[nH]c1S(=O)(=O)NCc1cncs1. The van der Waals surface area contributed by atoms with Crippen LogP contribution in [0.25, 0.3) is 0 Å². The molecule has 2 heterocycles. The maximum atomic E-state index is 12.1. The van der Waals surface area contributed by atoms with Crippen molar-refractivity contribution in [3.8, 4) is 0 Å². The number of carbonyl (C=O) groups is 1. The molecule has 0 aliphatic carbocycles. The average Bonchev–Trinajstić information content (AvgIpc) is 3.08. The van der Waals surface area contributed by atoms with Gasteiger partial charge in [0, 0.05) is 17.6 Å². The molecule has 20 heavy (non-hydrogen) atoms. The molecule has 108 valence electrons. The van der Waals surface area contributed by atoms with Gasteiger partial charge in [0.1, 0.15) is 5.56 Å². The lowest BCUT2D eigenvalue weighted by atomic mass is 10.4. The number of ether oxygens (including phenoxy) is 1. The van der Waals surface area contributed by atoms with E-state index in [0.29, 0.717) is 0 Å². The van der Waals surface area contributed by atoms with E-state index in [1.807, 2.05) is 0 Å². The van der Waals surface area contributed by atoms with Crippen molar-refractivity contribution >= 4 is 27.3 Å². The van der Waals surface area contributed by atoms with Crippen molar-refractivity contribution in [1.82, 2.24) is 19.9 Å². The molecular weight excluding hydrogens is 304 g/mol. The van der Waals surface area contributed by atoms with Crippen LogP contribution in [0.4, 0.5) is 0 Å². The van der Waals surface area contributed by atoms with Crippen LogP contribution in [0.2, 0.25) is 0 Å². The number of aromatic nitrogens is 3. The molecule has 2 aromatic rings. The number of hydrogen-bond acceptors (Lipinski definition) is 7. The second-order valence-corrected chi connectivity index (χ2v) is 6.30. The van der Waals surface area contributed by atoms with E-state index in [9.17, 15) is 13.2 Å². The van der Waals surface area contributed by atoms with Crippen LogP contribution in [0, 0.1) is 0 Å². The third-order valence-electron chi connectivity index (χ3n) is 2.29. The highest BCUT2D eigenvalue weighted by Gasteiger charge is 2.25. The minimum Gasteiger partial charge on any atom is -0.462 e. The zero-order chi connectivity index (χ0) is 14.6. The van der Waals surface area contributed by atoms with E-state index >= 15 is 0 Å². The van der Waals surface area contributed by atoms with Gasteiger partial charge in [0.05, 0.1) is 18.3 Å². The van der Waals surface area contributed by atoms with Gasteiger partial charge < -0.3 is 4.74 Å². The summed E-state index contributed by atoms with van der Waals surface area (Å²) in [6.07, 6.45) is 2.69. The number of thiazole rings is 1. The van der Waals surface area contributed by atoms with Gasteiger partial charge in [-0.3, -0.25) is 10.1 Å². The van der Waals surface area contributed by atoms with Gasteiger partial charge in [-0.05, 0) is 6.92 Å². The summed E-state index contributed by atoms with van der Waals surface area (Å²) in [5.41, 5.74) is 1.48. The maximum Gasteiger partial charge on any atom is 0.342 e. The normalized spacial score (nSPS) is 11.4. The lowest BCUT2D eigenvalue weighted by Gasteiger charge is -2.05. The number of sulfonamides is 1. The lowest BCUT2D eigenvalue weighted by molar-refractivity contribution is 0.0522. The summed E-state index contributed by atoms with van der Waals surface area (Å²) in [5, 5.41) is 5.58. The first kappa shape index (κ1) is 14.6.